The highest BCUT2D eigenvalue weighted by atomic mass is 32.2. The molecule has 0 unspecified atom stereocenters. The molecule has 3 N–H and O–H groups in total. The Morgan fingerprint density at radius 1 is 1.24 bits per heavy atom. The van der Waals surface area contributed by atoms with Crippen LogP contribution in [0.25, 0.3) is 10.8 Å². The summed E-state index contributed by atoms with van der Waals surface area (Å²) in [6, 6.07) is 7.80. The van der Waals surface area contributed by atoms with Crippen LogP contribution in [0.3, 0.4) is 0 Å². The fourth-order valence-corrected chi connectivity index (χ4v) is 3.36. The molecule has 0 aliphatic carbocycles. The minimum Gasteiger partial charge on any atom is -0.478 e. The van der Waals surface area contributed by atoms with Gasteiger partial charge in [-0.05, 0) is 17.5 Å². The summed E-state index contributed by atoms with van der Waals surface area (Å²) < 4.78 is 23.9. The molecule has 2 aromatic rings. The third-order valence-corrected chi connectivity index (χ3v) is 4.39. The van der Waals surface area contributed by atoms with Gasteiger partial charge in [0.15, 0.2) is 0 Å². The molecule has 6 nitrogen and oxygen atoms in total. The number of sulfonamides is 1. The minimum absolute atomic E-state index is 0.0487. The van der Waals surface area contributed by atoms with E-state index in [1.807, 2.05) is 6.08 Å². The van der Waals surface area contributed by atoms with Crippen LogP contribution in [0.4, 0.5) is 5.69 Å². The summed E-state index contributed by atoms with van der Waals surface area (Å²) in [4.78, 5) is 13.0. The van der Waals surface area contributed by atoms with E-state index in [0.717, 1.165) is 0 Å². The number of benzene rings is 2. The first-order valence-electron chi connectivity index (χ1n) is 6.15. The van der Waals surface area contributed by atoms with Gasteiger partial charge in [-0.15, -0.1) is 0 Å². The fraction of sp³-hybridized carbons (Fsp3) is 0.0714. The van der Waals surface area contributed by atoms with E-state index in [-0.39, 0.29) is 16.1 Å². The van der Waals surface area contributed by atoms with Crippen LogP contribution in [0.2, 0.25) is 0 Å². The van der Waals surface area contributed by atoms with Crippen LogP contribution in [0.15, 0.2) is 47.5 Å². The van der Waals surface area contributed by atoms with E-state index in [2.05, 4.69) is 0 Å². The summed E-state index contributed by atoms with van der Waals surface area (Å²) in [5, 5.41) is 15.4. The third-order valence-electron chi connectivity index (χ3n) is 3.39. The first-order valence-corrected chi connectivity index (χ1v) is 7.69. The zero-order chi connectivity index (χ0) is 15.2. The molecule has 21 heavy (non-hydrogen) atoms. The highest BCUT2D eigenvalue weighted by Crippen LogP contribution is 2.36. The minimum atomic E-state index is -3.99. The first kappa shape index (κ1) is 13.6. The molecule has 0 atom stereocenters. The summed E-state index contributed by atoms with van der Waals surface area (Å²) in [6.45, 7) is 0.514. The number of fused-ring (bicyclic) bond motifs is 1. The van der Waals surface area contributed by atoms with Gasteiger partial charge in [0.2, 0.25) is 10.0 Å². The maximum Gasteiger partial charge on any atom is 0.336 e. The second-order valence-electron chi connectivity index (χ2n) is 4.71. The number of carbonyl (C=O) groups is 1. The lowest BCUT2D eigenvalue weighted by atomic mass is 10.0. The van der Waals surface area contributed by atoms with Gasteiger partial charge in [0, 0.05) is 18.1 Å². The lowest BCUT2D eigenvalue weighted by Gasteiger charge is -2.28. The number of nitrogens with zero attached hydrogens (tertiary/aromatic N) is 1. The molecule has 0 radical (unpaired) electrons. The lowest BCUT2D eigenvalue weighted by Crippen LogP contribution is -2.27. The molecule has 1 heterocycles. The monoisotopic (exact) mass is 304 g/mol. The van der Waals surface area contributed by atoms with E-state index in [1.54, 1.807) is 35.4 Å². The largest absolute Gasteiger partial charge is 0.478 e. The van der Waals surface area contributed by atoms with Gasteiger partial charge in [0.25, 0.3) is 0 Å². The van der Waals surface area contributed by atoms with Gasteiger partial charge in [-0.3, -0.25) is 0 Å². The predicted octanol–water partition coefficient (Wildman–Crippen LogP) is 1.52. The van der Waals surface area contributed by atoms with E-state index in [4.69, 9.17) is 5.14 Å². The van der Waals surface area contributed by atoms with Crippen molar-refractivity contribution in [2.45, 2.75) is 4.90 Å². The Morgan fingerprint density at radius 2 is 1.86 bits per heavy atom. The molecule has 2 aromatic carbocycles. The smallest absolute Gasteiger partial charge is 0.336 e. The number of aromatic carboxylic acids is 1. The normalized spacial score (nSPS) is 14.2. The highest BCUT2D eigenvalue weighted by Gasteiger charge is 2.26. The number of rotatable bonds is 3. The molecule has 3 rings (SSSR count). The van der Waals surface area contributed by atoms with Gasteiger partial charge in [-0.1, -0.05) is 24.3 Å². The summed E-state index contributed by atoms with van der Waals surface area (Å²) in [5.74, 6) is -1.11. The van der Waals surface area contributed by atoms with Gasteiger partial charge in [0.1, 0.15) is 4.90 Å². The van der Waals surface area contributed by atoms with Crippen LogP contribution < -0.4 is 10.0 Å². The van der Waals surface area contributed by atoms with Crippen molar-refractivity contribution in [2.24, 2.45) is 5.14 Å². The molecule has 0 aromatic heterocycles. The Labute approximate surface area is 121 Å². The summed E-state index contributed by atoms with van der Waals surface area (Å²) >= 11 is 0. The van der Waals surface area contributed by atoms with Crippen molar-refractivity contribution in [3.8, 4) is 0 Å². The summed E-state index contributed by atoms with van der Waals surface area (Å²) in [6.07, 6.45) is 3.52. The number of anilines is 1. The van der Waals surface area contributed by atoms with E-state index in [1.165, 1.54) is 6.07 Å². The van der Waals surface area contributed by atoms with Crippen molar-refractivity contribution in [2.75, 3.05) is 11.4 Å². The molecular formula is C14H12N2O4S. The Morgan fingerprint density at radius 3 is 2.33 bits per heavy atom. The Kier molecular flexibility index (Phi) is 2.96. The van der Waals surface area contributed by atoms with E-state index >= 15 is 0 Å². The molecule has 0 saturated heterocycles. The number of carboxylic acid groups (broad SMARTS) is 1. The highest BCUT2D eigenvalue weighted by molar-refractivity contribution is 7.89. The number of hydrogen-bond donors (Lipinski definition) is 2. The van der Waals surface area contributed by atoms with E-state index < -0.39 is 16.0 Å². The average molecular weight is 304 g/mol. The van der Waals surface area contributed by atoms with Crippen molar-refractivity contribution in [1.82, 2.24) is 0 Å². The Hall–Kier alpha value is -2.38. The maximum atomic E-state index is 12.0. The standard InChI is InChI=1S/C14H12N2O4S/c15-21(19,20)13-10-5-2-1-4-9(10)11(14(17)18)8-12(13)16-6-3-7-16/h1-6,8H,7H2,(H,17,18)(H2,15,19,20). The van der Waals surface area contributed by atoms with Crippen molar-refractivity contribution in [3.63, 3.8) is 0 Å². The molecule has 1 aliphatic heterocycles. The molecule has 0 spiro atoms. The number of hydrogen-bond acceptors (Lipinski definition) is 4. The molecule has 0 bridgehead atoms. The van der Waals surface area contributed by atoms with Gasteiger partial charge >= 0.3 is 5.97 Å². The van der Waals surface area contributed by atoms with Crippen LogP contribution in [-0.4, -0.2) is 26.0 Å². The number of primary sulfonamides is 1. The topological polar surface area (TPSA) is 101 Å². The quantitative estimate of drug-likeness (QED) is 0.895. The molecule has 108 valence electrons. The van der Waals surface area contributed by atoms with Crippen LogP contribution in [0.1, 0.15) is 10.4 Å². The lowest BCUT2D eigenvalue weighted by molar-refractivity contribution is 0.0699. The molecule has 7 heteroatoms. The fourth-order valence-electron chi connectivity index (χ4n) is 2.41. The van der Waals surface area contributed by atoms with Crippen molar-refractivity contribution in [1.29, 1.82) is 0 Å². The Balaban J connectivity index is 2.49. The SMILES string of the molecule is NS(=O)(=O)c1c(N2C=CC2)cc(C(=O)O)c2ccccc12. The van der Waals surface area contributed by atoms with E-state index in [0.29, 0.717) is 17.3 Å². The van der Waals surface area contributed by atoms with Crippen LogP contribution in [-0.2, 0) is 10.0 Å². The zero-order valence-electron chi connectivity index (χ0n) is 10.9. The van der Waals surface area contributed by atoms with Crippen LogP contribution >= 0.6 is 0 Å². The summed E-state index contributed by atoms with van der Waals surface area (Å²) in [5.41, 5.74) is 0.337. The van der Waals surface area contributed by atoms with Crippen molar-refractivity contribution in [3.05, 3.63) is 48.2 Å². The third kappa shape index (κ3) is 2.16. The zero-order valence-corrected chi connectivity index (χ0v) is 11.7. The van der Waals surface area contributed by atoms with Gasteiger partial charge in [0.05, 0.1) is 11.3 Å². The number of carboxylic acids is 1. The molecule has 0 fully saturated rings. The Bertz CT molecular complexity index is 887. The van der Waals surface area contributed by atoms with Crippen molar-refractivity contribution < 1.29 is 18.3 Å². The van der Waals surface area contributed by atoms with Crippen molar-refractivity contribution >= 4 is 32.5 Å². The van der Waals surface area contributed by atoms with Gasteiger partial charge in [-0.25, -0.2) is 18.4 Å². The van der Waals surface area contributed by atoms with E-state index in [9.17, 15) is 18.3 Å². The first-order chi connectivity index (χ1) is 9.89. The average Bonchev–Trinajstić information content (AvgIpc) is 2.33. The van der Waals surface area contributed by atoms with Gasteiger partial charge < -0.3 is 10.0 Å². The summed E-state index contributed by atoms with van der Waals surface area (Å²) in [7, 11) is -3.99. The number of nitrogens with two attached hydrogens (primary N) is 1. The second kappa shape index (κ2) is 4.57. The second-order valence-corrected chi connectivity index (χ2v) is 6.20. The van der Waals surface area contributed by atoms with Crippen LogP contribution in [0, 0.1) is 0 Å². The maximum absolute atomic E-state index is 12.0. The molecule has 0 saturated carbocycles. The van der Waals surface area contributed by atoms with Crippen LogP contribution in [0.5, 0.6) is 0 Å². The van der Waals surface area contributed by atoms with Gasteiger partial charge in [-0.2, -0.15) is 0 Å². The molecular weight excluding hydrogens is 292 g/mol. The molecule has 1 aliphatic rings. The molecule has 0 amide bonds. The predicted molar refractivity (Wildman–Crippen MR) is 78.8 cm³/mol.